The van der Waals surface area contributed by atoms with Crippen LogP contribution in [0.1, 0.15) is 25.8 Å². The lowest BCUT2D eigenvalue weighted by atomic mass is 10.0. The summed E-state index contributed by atoms with van der Waals surface area (Å²) in [5.74, 6) is 0.367. The Morgan fingerprint density at radius 1 is 1.16 bits per heavy atom. The topological polar surface area (TPSA) is 71.7 Å². The number of ether oxygens (including phenoxy) is 1. The van der Waals surface area contributed by atoms with Crippen LogP contribution in [0.5, 0.6) is 5.75 Å². The number of benzene rings is 2. The molecule has 0 unspecified atom stereocenters. The number of fused-ring (bicyclic) bond motifs is 3. The van der Waals surface area contributed by atoms with Crippen LogP contribution in [0.4, 0.5) is 0 Å². The molecule has 25 heavy (non-hydrogen) atoms. The Hall–Kier alpha value is -2.53. The van der Waals surface area contributed by atoms with Gasteiger partial charge in [0.05, 0.1) is 7.11 Å². The highest BCUT2D eigenvalue weighted by atomic mass is 16.5. The minimum atomic E-state index is -0.326. The van der Waals surface area contributed by atoms with Gasteiger partial charge >= 0.3 is 5.97 Å². The van der Waals surface area contributed by atoms with Crippen LogP contribution < -0.4 is 5.32 Å². The van der Waals surface area contributed by atoms with Crippen molar-refractivity contribution in [2.45, 2.75) is 32.9 Å². The summed E-state index contributed by atoms with van der Waals surface area (Å²) >= 11 is 0. The summed E-state index contributed by atoms with van der Waals surface area (Å²) in [4.78, 5) is 11.9. The normalized spacial score (nSPS) is 12.8. The number of nitrogens with one attached hydrogen (secondary N) is 1. The predicted molar refractivity (Wildman–Crippen MR) is 97.5 cm³/mol. The molecular formula is C20H23NO4. The van der Waals surface area contributed by atoms with Crippen LogP contribution in [-0.4, -0.2) is 24.2 Å². The second-order valence-corrected chi connectivity index (χ2v) is 6.70. The second-order valence-electron chi connectivity index (χ2n) is 6.70. The number of hydrogen-bond donors (Lipinski definition) is 2. The van der Waals surface area contributed by atoms with E-state index in [2.05, 4.69) is 19.2 Å². The lowest BCUT2D eigenvalue weighted by Crippen LogP contribution is -2.38. The van der Waals surface area contributed by atoms with Gasteiger partial charge in [-0.05, 0) is 42.2 Å². The number of aromatic hydroxyl groups is 1. The van der Waals surface area contributed by atoms with E-state index < -0.39 is 0 Å². The van der Waals surface area contributed by atoms with Crippen molar-refractivity contribution in [3.63, 3.8) is 0 Å². The Labute approximate surface area is 146 Å². The highest BCUT2D eigenvalue weighted by Crippen LogP contribution is 2.31. The molecule has 1 aromatic heterocycles. The lowest BCUT2D eigenvalue weighted by Gasteiger charge is -2.18. The van der Waals surface area contributed by atoms with Gasteiger partial charge in [-0.3, -0.25) is 4.79 Å². The van der Waals surface area contributed by atoms with Crippen LogP contribution in [-0.2, 0) is 16.1 Å². The van der Waals surface area contributed by atoms with Crippen LogP contribution >= 0.6 is 0 Å². The monoisotopic (exact) mass is 341 g/mol. The van der Waals surface area contributed by atoms with Crippen molar-refractivity contribution >= 4 is 27.9 Å². The summed E-state index contributed by atoms with van der Waals surface area (Å²) in [6, 6.07) is 10.7. The molecule has 5 heteroatoms. The van der Waals surface area contributed by atoms with E-state index in [1.54, 1.807) is 18.2 Å². The molecule has 1 heterocycles. The van der Waals surface area contributed by atoms with Gasteiger partial charge in [0.2, 0.25) is 0 Å². The molecule has 1 atom stereocenters. The van der Waals surface area contributed by atoms with Crippen molar-refractivity contribution in [2.75, 3.05) is 7.11 Å². The minimum Gasteiger partial charge on any atom is -0.508 e. The standard InChI is InChI=1S/C20H23NO4/c1-12(2)8-17(20(23)24-3)21-11-13-4-6-15-16-10-14(22)5-7-18(16)25-19(15)9-13/h4-7,9-10,12,17,21-22H,8,11H2,1-3H3/t17-/m0/s1. The molecule has 3 aromatic rings. The smallest absolute Gasteiger partial charge is 0.322 e. The summed E-state index contributed by atoms with van der Waals surface area (Å²) in [6.07, 6.45) is 0.721. The van der Waals surface area contributed by atoms with Gasteiger partial charge in [-0.25, -0.2) is 0 Å². The van der Waals surface area contributed by atoms with Crippen LogP contribution in [0.3, 0.4) is 0 Å². The summed E-state index contributed by atoms with van der Waals surface area (Å²) in [5.41, 5.74) is 2.52. The molecule has 132 valence electrons. The van der Waals surface area contributed by atoms with Gasteiger partial charge in [0, 0.05) is 17.3 Å². The fraction of sp³-hybridized carbons (Fsp3) is 0.350. The first-order valence-corrected chi connectivity index (χ1v) is 8.43. The molecule has 0 spiro atoms. The van der Waals surface area contributed by atoms with Crippen LogP contribution in [0.2, 0.25) is 0 Å². The van der Waals surface area contributed by atoms with E-state index in [-0.39, 0.29) is 17.8 Å². The number of hydrogen-bond acceptors (Lipinski definition) is 5. The van der Waals surface area contributed by atoms with Crippen LogP contribution in [0.15, 0.2) is 40.8 Å². The number of methoxy groups -OCH3 is 1. The summed E-state index contributed by atoms with van der Waals surface area (Å²) in [5, 5.41) is 14.8. The van der Waals surface area contributed by atoms with E-state index in [9.17, 15) is 9.90 Å². The average molecular weight is 341 g/mol. The molecule has 2 aromatic carbocycles. The zero-order valence-electron chi connectivity index (χ0n) is 14.7. The number of phenolic OH excluding ortho intramolecular Hbond substituents is 1. The number of rotatable bonds is 6. The maximum Gasteiger partial charge on any atom is 0.322 e. The molecule has 2 N–H and O–H groups in total. The SMILES string of the molecule is COC(=O)[C@H](CC(C)C)NCc1ccc2c(c1)oc1ccc(O)cc12. The quantitative estimate of drug-likeness (QED) is 0.664. The Morgan fingerprint density at radius 3 is 2.68 bits per heavy atom. The summed E-state index contributed by atoms with van der Waals surface area (Å²) in [6.45, 7) is 4.70. The Kier molecular flexibility index (Phi) is 4.95. The van der Waals surface area contributed by atoms with Crippen molar-refractivity contribution in [2.24, 2.45) is 5.92 Å². The van der Waals surface area contributed by atoms with Crippen molar-refractivity contribution < 1.29 is 19.1 Å². The number of furan rings is 1. The molecule has 0 amide bonds. The minimum absolute atomic E-state index is 0.218. The zero-order valence-corrected chi connectivity index (χ0v) is 14.7. The third kappa shape index (κ3) is 3.77. The van der Waals surface area contributed by atoms with Gasteiger partial charge in [-0.2, -0.15) is 0 Å². The molecule has 0 aliphatic rings. The van der Waals surface area contributed by atoms with Gasteiger partial charge in [-0.1, -0.05) is 26.0 Å². The van der Waals surface area contributed by atoms with E-state index in [0.29, 0.717) is 12.5 Å². The predicted octanol–water partition coefficient (Wildman–Crippen LogP) is 3.97. The maximum atomic E-state index is 11.9. The highest BCUT2D eigenvalue weighted by Gasteiger charge is 2.20. The average Bonchev–Trinajstić information content (AvgIpc) is 2.94. The summed E-state index contributed by atoms with van der Waals surface area (Å²) < 4.78 is 10.7. The van der Waals surface area contributed by atoms with Crippen molar-refractivity contribution in [1.82, 2.24) is 5.32 Å². The van der Waals surface area contributed by atoms with Crippen LogP contribution in [0.25, 0.3) is 21.9 Å². The molecule has 0 fully saturated rings. The van der Waals surface area contributed by atoms with Crippen molar-refractivity contribution in [3.8, 4) is 5.75 Å². The third-order valence-electron chi connectivity index (χ3n) is 4.26. The molecule has 0 saturated carbocycles. The number of esters is 1. The van der Waals surface area contributed by atoms with E-state index in [1.807, 2.05) is 18.2 Å². The van der Waals surface area contributed by atoms with Gasteiger partial charge in [0.25, 0.3) is 0 Å². The van der Waals surface area contributed by atoms with Crippen molar-refractivity contribution in [3.05, 3.63) is 42.0 Å². The van der Waals surface area contributed by atoms with Crippen LogP contribution in [0, 0.1) is 5.92 Å². The number of carbonyl (C=O) groups is 1. The van der Waals surface area contributed by atoms with Gasteiger partial charge < -0.3 is 19.6 Å². The van der Waals surface area contributed by atoms with E-state index in [4.69, 9.17) is 9.15 Å². The van der Waals surface area contributed by atoms with Crippen molar-refractivity contribution in [1.29, 1.82) is 0 Å². The number of carbonyl (C=O) groups excluding carboxylic acids is 1. The largest absolute Gasteiger partial charge is 0.508 e. The molecule has 0 aliphatic heterocycles. The van der Waals surface area contributed by atoms with Gasteiger partial charge in [0.15, 0.2) is 0 Å². The third-order valence-corrected chi connectivity index (χ3v) is 4.26. The lowest BCUT2D eigenvalue weighted by molar-refractivity contribution is -0.143. The molecule has 0 aliphatic carbocycles. The van der Waals surface area contributed by atoms with Gasteiger partial charge in [-0.15, -0.1) is 0 Å². The molecular weight excluding hydrogens is 318 g/mol. The Bertz CT molecular complexity index is 897. The first-order valence-electron chi connectivity index (χ1n) is 8.43. The molecule has 0 saturated heterocycles. The molecule has 5 nitrogen and oxygen atoms in total. The second kappa shape index (κ2) is 7.15. The number of phenols is 1. The molecule has 3 rings (SSSR count). The Morgan fingerprint density at radius 2 is 1.96 bits per heavy atom. The first-order chi connectivity index (χ1) is 12.0. The van der Waals surface area contributed by atoms with E-state index >= 15 is 0 Å². The first kappa shape index (κ1) is 17.3. The molecule has 0 radical (unpaired) electrons. The van der Waals surface area contributed by atoms with E-state index in [1.165, 1.54) is 7.11 Å². The van der Waals surface area contributed by atoms with Gasteiger partial charge in [0.1, 0.15) is 23.0 Å². The Balaban J connectivity index is 1.81. The maximum absolute atomic E-state index is 11.9. The van der Waals surface area contributed by atoms with E-state index in [0.717, 1.165) is 33.9 Å². The fourth-order valence-electron chi connectivity index (χ4n) is 3.04. The highest BCUT2D eigenvalue weighted by molar-refractivity contribution is 6.05. The summed E-state index contributed by atoms with van der Waals surface area (Å²) in [7, 11) is 1.41. The zero-order chi connectivity index (χ0) is 18.0. The molecule has 0 bridgehead atoms. The fourth-order valence-corrected chi connectivity index (χ4v) is 3.04.